The van der Waals surface area contributed by atoms with Crippen molar-refractivity contribution in [3.8, 4) is 17.1 Å². The molecule has 0 unspecified atom stereocenters. The first-order chi connectivity index (χ1) is 12.1. The molecule has 128 valence electrons. The summed E-state index contributed by atoms with van der Waals surface area (Å²) in [6, 6.07) is 14.5. The van der Waals surface area contributed by atoms with Crippen LogP contribution in [0.1, 0.15) is 11.5 Å². The fraction of sp³-hybridized carbons (Fsp3) is 0.167. The monoisotopic (exact) mass is 358 g/mol. The van der Waals surface area contributed by atoms with Crippen molar-refractivity contribution >= 4 is 17.6 Å². The largest absolute Gasteiger partial charge is 0.482 e. The number of hydrogen-bond acceptors (Lipinski definition) is 6. The van der Waals surface area contributed by atoms with Gasteiger partial charge >= 0.3 is 5.97 Å². The Morgan fingerprint density at radius 2 is 2.04 bits per heavy atom. The van der Waals surface area contributed by atoms with Crippen molar-refractivity contribution in [1.29, 1.82) is 0 Å². The van der Waals surface area contributed by atoms with Crippen LogP contribution in [0.4, 0.5) is 0 Å². The summed E-state index contributed by atoms with van der Waals surface area (Å²) in [5.41, 5.74) is 1.66. The number of nitrogens with zero attached hydrogens (tertiary/aromatic N) is 2. The molecule has 0 saturated heterocycles. The molecule has 0 fully saturated rings. The fourth-order valence-corrected chi connectivity index (χ4v) is 2.29. The number of benzene rings is 2. The minimum absolute atomic E-state index is 0.121. The van der Waals surface area contributed by atoms with Gasteiger partial charge < -0.3 is 14.0 Å². The van der Waals surface area contributed by atoms with Gasteiger partial charge in [-0.15, -0.1) is 0 Å². The van der Waals surface area contributed by atoms with Crippen LogP contribution >= 0.6 is 11.6 Å². The third-order valence-electron chi connectivity index (χ3n) is 3.35. The van der Waals surface area contributed by atoms with Gasteiger partial charge in [-0.3, -0.25) is 0 Å². The zero-order valence-electron chi connectivity index (χ0n) is 13.4. The zero-order valence-corrected chi connectivity index (χ0v) is 14.2. The Labute approximate surface area is 149 Å². The van der Waals surface area contributed by atoms with Gasteiger partial charge in [0, 0.05) is 10.6 Å². The smallest absolute Gasteiger partial charge is 0.344 e. The van der Waals surface area contributed by atoms with Gasteiger partial charge in [-0.05, 0) is 30.7 Å². The van der Waals surface area contributed by atoms with E-state index < -0.39 is 5.97 Å². The topological polar surface area (TPSA) is 74.5 Å². The Bertz CT molecular complexity index is 879. The SMILES string of the molecule is Cc1ccccc1OCC(=O)OCc1nc(-c2cccc(Cl)c2)no1. The second-order valence-corrected chi connectivity index (χ2v) is 5.67. The van der Waals surface area contributed by atoms with Gasteiger partial charge in [0.05, 0.1) is 0 Å². The van der Waals surface area contributed by atoms with Crippen LogP contribution in [-0.2, 0) is 16.1 Å². The van der Waals surface area contributed by atoms with Crippen molar-refractivity contribution in [1.82, 2.24) is 10.1 Å². The summed E-state index contributed by atoms with van der Waals surface area (Å²) in [6.07, 6.45) is 0. The van der Waals surface area contributed by atoms with Gasteiger partial charge in [0.1, 0.15) is 5.75 Å². The maximum absolute atomic E-state index is 11.8. The molecule has 0 aliphatic rings. The number of carbonyl (C=O) groups excluding carboxylic acids is 1. The summed E-state index contributed by atoms with van der Waals surface area (Å²) in [6.45, 7) is 1.58. The summed E-state index contributed by atoms with van der Waals surface area (Å²) < 4.78 is 15.6. The Kier molecular flexibility index (Phi) is 5.30. The fourth-order valence-electron chi connectivity index (χ4n) is 2.10. The van der Waals surface area contributed by atoms with Crippen LogP contribution < -0.4 is 4.74 Å². The molecule has 3 aromatic rings. The average Bonchev–Trinajstić information content (AvgIpc) is 3.08. The first-order valence-corrected chi connectivity index (χ1v) is 7.92. The minimum Gasteiger partial charge on any atom is -0.482 e. The van der Waals surface area contributed by atoms with E-state index in [2.05, 4.69) is 10.1 Å². The number of ether oxygens (including phenoxy) is 2. The lowest BCUT2D eigenvalue weighted by Gasteiger charge is -2.07. The standard InChI is InChI=1S/C18H15ClN2O4/c1-12-5-2-3-8-15(12)23-11-17(22)24-10-16-20-18(21-25-16)13-6-4-7-14(19)9-13/h2-9H,10-11H2,1H3. The molecule has 0 N–H and O–H groups in total. The second kappa shape index (κ2) is 7.81. The highest BCUT2D eigenvalue weighted by molar-refractivity contribution is 6.30. The molecule has 0 atom stereocenters. The Hall–Kier alpha value is -2.86. The van der Waals surface area contributed by atoms with Gasteiger partial charge in [-0.2, -0.15) is 4.98 Å². The molecule has 6 nitrogen and oxygen atoms in total. The van der Waals surface area contributed by atoms with Gasteiger partial charge in [-0.25, -0.2) is 4.79 Å². The summed E-state index contributed by atoms with van der Waals surface area (Å²) >= 11 is 5.93. The maximum atomic E-state index is 11.8. The number of halogens is 1. The van der Waals surface area contributed by atoms with Crippen LogP contribution in [0.5, 0.6) is 5.75 Å². The Morgan fingerprint density at radius 3 is 2.84 bits per heavy atom. The highest BCUT2D eigenvalue weighted by atomic mass is 35.5. The molecule has 0 spiro atoms. The highest BCUT2D eigenvalue weighted by Gasteiger charge is 2.12. The molecular weight excluding hydrogens is 344 g/mol. The molecule has 0 bridgehead atoms. The van der Waals surface area contributed by atoms with E-state index in [-0.39, 0.29) is 19.1 Å². The lowest BCUT2D eigenvalue weighted by atomic mass is 10.2. The van der Waals surface area contributed by atoms with Crippen LogP contribution in [0.3, 0.4) is 0 Å². The molecule has 1 aromatic heterocycles. The van der Waals surface area contributed by atoms with E-state index in [1.807, 2.05) is 31.2 Å². The summed E-state index contributed by atoms with van der Waals surface area (Å²) in [7, 11) is 0. The zero-order chi connectivity index (χ0) is 17.6. The van der Waals surface area contributed by atoms with E-state index in [1.165, 1.54) is 0 Å². The number of para-hydroxylation sites is 1. The number of aromatic nitrogens is 2. The average molecular weight is 359 g/mol. The van der Waals surface area contributed by atoms with Gasteiger partial charge in [0.25, 0.3) is 5.89 Å². The van der Waals surface area contributed by atoms with E-state index >= 15 is 0 Å². The molecule has 0 radical (unpaired) electrons. The lowest BCUT2D eigenvalue weighted by molar-refractivity contribution is -0.148. The quantitative estimate of drug-likeness (QED) is 0.623. The molecular formula is C18H15ClN2O4. The molecule has 7 heteroatoms. The van der Waals surface area contributed by atoms with E-state index in [1.54, 1.807) is 24.3 Å². The van der Waals surface area contributed by atoms with E-state index in [9.17, 15) is 4.79 Å². The van der Waals surface area contributed by atoms with Crippen molar-refractivity contribution in [2.24, 2.45) is 0 Å². The van der Waals surface area contributed by atoms with E-state index in [0.717, 1.165) is 11.1 Å². The third kappa shape index (κ3) is 4.58. The number of rotatable bonds is 6. The first-order valence-electron chi connectivity index (χ1n) is 7.54. The molecule has 1 heterocycles. The summed E-state index contributed by atoms with van der Waals surface area (Å²) in [4.78, 5) is 15.9. The molecule has 0 aliphatic carbocycles. The molecule has 0 aliphatic heterocycles. The van der Waals surface area contributed by atoms with Crippen LogP contribution in [-0.4, -0.2) is 22.7 Å². The highest BCUT2D eigenvalue weighted by Crippen LogP contribution is 2.20. The van der Waals surface area contributed by atoms with Crippen molar-refractivity contribution < 1.29 is 18.8 Å². The van der Waals surface area contributed by atoms with E-state index in [4.69, 9.17) is 25.6 Å². The minimum atomic E-state index is -0.522. The van der Waals surface area contributed by atoms with E-state index in [0.29, 0.717) is 16.6 Å². The van der Waals surface area contributed by atoms with Crippen LogP contribution in [0.25, 0.3) is 11.4 Å². The van der Waals surface area contributed by atoms with Crippen molar-refractivity contribution in [2.45, 2.75) is 13.5 Å². The molecule has 3 rings (SSSR count). The van der Waals surface area contributed by atoms with Gasteiger partial charge in [0.2, 0.25) is 5.82 Å². The molecule has 0 saturated carbocycles. The summed E-state index contributed by atoms with van der Waals surface area (Å²) in [5, 5.41) is 4.42. The Morgan fingerprint density at radius 1 is 1.20 bits per heavy atom. The number of aryl methyl sites for hydroxylation is 1. The van der Waals surface area contributed by atoms with Crippen molar-refractivity contribution in [3.63, 3.8) is 0 Å². The predicted molar refractivity (Wildman–Crippen MR) is 91.2 cm³/mol. The predicted octanol–water partition coefficient (Wildman–Crippen LogP) is 3.82. The maximum Gasteiger partial charge on any atom is 0.344 e. The molecule has 2 aromatic carbocycles. The van der Waals surface area contributed by atoms with Crippen LogP contribution in [0.2, 0.25) is 5.02 Å². The Balaban J connectivity index is 1.52. The first kappa shape index (κ1) is 17.0. The number of esters is 1. The molecule has 0 amide bonds. The van der Waals surface area contributed by atoms with Gasteiger partial charge in [0.15, 0.2) is 13.2 Å². The van der Waals surface area contributed by atoms with Crippen molar-refractivity contribution in [3.05, 3.63) is 65.0 Å². The number of hydrogen-bond donors (Lipinski definition) is 0. The summed E-state index contributed by atoms with van der Waals surface area (Å²) in [5.74, 6) is 0.690. The van der Waals surface area contributed by atoms with Crippen molar-refractivity contribution in [2.75, 3.05) is 6.61 Å². The lowest BCUT2D eigenvalue weighted by Crippen LogP contribution is -2.15. The van der Waals surface area contributed by atoms with Gasteiger partial charge in [-0.1, -0.05) is 47.1 Å². The van der Waals surface area contributed by atoms with Crippen LogP contribution in [0, 0.1) is 6.92 Å². The molecule has 25 heavy (non-hydrogen) atoms. The third-order valence-corrected chi connectivity index (χ3v) is 3.58. The normalized spacial score (nSPS) is 10.5. The number of carbonyl (C=O) groups is 1. The second-order valence-electron chi connectivity index (χ2n) is 5.24. The van der Waals surface area contributed by atoms with Crippen LogP contribution in [0.15, 0.2) is 53.1 Å².